The minimum Gasteiger partial charge on any atom is -0.464 e. The quantitative estimate of drug-likeness (QED) is 0.502. The van der Waals surface area contributed by atoms with Crippen LogP contribution >= 0.6 is 0 Å². The lowest BCUT2D eigenvalue weighted by Gasteiger charge is -2.50. The molecule has 0 spiro atoms. The predicted molar refractivity (Wildman–Crippen MR) is 121 cm³/mol. The number of hydrogen-bond donors (Lipinski definition) is 0. The summed E-state index contributed by atoms with van der Waals surface area (Å²) in [5.41, 5.74) is 0.600. The Bertz CT molecular complexity index is 889. The second kappa shape index (κ2) is 9.33. The summed E-state index contributed by atoms with van der Waals surface area (Å²) in [6.45, 7) is 3.58. The van der Waals surface area contributed by atoms with Gasteiger partial charge in [-0.1, -0.05) is 55.5 Å². The van der Waals surface area contributed by atoms with E-state index < -0.39 is 16.0 Å². The number of methoxy groups -OCH3 is 1. The van der Waals surface area contributed by atoms with E-state index in [4.69, 9.17) is 18.8 Å². The first-order valence-corrected chi connectivity index (χ1v) is 10.8. The zero-order valence-electron chi connectivity index (χ0n) is 18.5. The molecule has 0 N–H and O–H groups in total. The van der Waals surface area contributed by atoms with Crippen LogP contribution in [0.3, 0.4) is 0 Å². The number of benzene rings is 2. The van der Waals surface area contributed by atoms with Gasteiger partial charge in [0.25, 0.3) is 0 Å². The molecule has 3 rings (SSSR count). The Morgan fingerprint density at radius 3 is 2.10 bits per heavy atom. The van der Waals surface area contributed by atoms with Crippen LogP contribution in [-0.2, 0) is 20.7 Å². The van der Waals surface area contributed by atoms with Gasteiger partial charge in [0.15, 0.2) is 0 Å². The van der Waals surface area contributed by atoms with Crippen molar-refractivity contribution in [1.29, 1.82) is 0 Å². The Kier molecular flexibility index (Phi) is 6.97. The molecule has 0 aromatic heterocycles. The van der Waals surface area contributed by atoms with Crippen molar-refractivity contribution in [2.45, 2.75) is 38.1 Å². The minimum atomic E-state index is -1.21. The van der Waals surface area contributed by atoms with Crippen LogP contribution < -0.4 is 4.48 Å². The van der Waals surface area contributed by atoms with Crippen LogP contribution in [0, 0.1) is 14.1 Å². The van der Waals surface area contributed by atoms with E-state index in [-0.39, 0.29) is 12.3 Å². The van der Waals surface area contributed by atoms with E-state index in [1.807, 2.05) is 36.4 Å². The van der Waals surface area contributed by atoms with Crippen molar-refractivity contribution < 1.29 is 18.8 Å². The SMILES string of the molecule is [CH][N+]1(CCc2ccccc2)CCC(C(=O)OC)([N+]([CH])(C(=O)CC)c2ccccc2)CC1. The molecule has 0 saturated carbocycles. The Balaban J connectivity index is 1.91. The van der Waals surface area contributed by atoms with E-state index in [0.29, 0.717) is 36.1 Å². The molecule has 31 heavy (non-hydrogen) atoms. The maximum absolute atomic E-state index is 13.2. The molecule has 1 saturated heterocycles. The number of esters is 1. The molecular weight excluding hydrogens is 388 g/mol. The first kappa shape index (κ1) is 23.2. The third-order valence-corrected chi connectivity index (χ3v) is 6.73. The highest BCUT2D eigenvalue weighted by molar-refractivity contribution is 5.98. The van der Waals surface area contributed by atoms with Crippen LogP contribution in [0.1, 0.15) is 31.7 Å². The summed E-state index contributed by atoms with van der Waals surface area (Å²) >= 11 is 0. The summed E-state index contributed by atoms with van der Waals surface area (Å²) < 4.78 is 4.97. The van der Waals surface area contributed by atoms with Crippen molar-refractivity contribution in [2.75, 3.05) is 26.7 Å². The molecule has 162 valence electrons. The second-order valence-corrected chi connectivity index (χ2v) is 8.45. The molecule has 1 aliphatic heterocycles. The molecular formula is C26H32N2O3+2. The Morgan fingerprint density at radius 1 is 1.03 bits per heavy atom. The maximum Gasteiger partial charge on any atom is 0.369 e. The summed E-state index contributed by atoms with van der Waals surface area (Å²) in [5, 5.41) is 0. The zero-order valence-corrected chi connectivity index (χ0v) is 18.5. The van der Waals surface area contributed by atoms with Crippen LogP contribution in [0.4, 0.5) is 5.69 Å². The molecule has 5 heteroatoms. The standard InChI is InChI=1S/C26H32N2O3/c1-5-24(29)28(3,23-14-10-7-11-15-23)26(25(30)31-4)17-20-27(2,21-18-26)19-16-22-12-8-6-9-13-22/h2-3,6-15H,5,16-21H2,1,4H3/q+2. The van der Waals surface area contributed by atoms with Crippen molar-refractivity contribution in [3.8, 4) is 0 Å². The summed E-state index contributed by atoms with van der Waals surface area (Å²) in [6.07, 6.45) is 1.78. The predicted octanol–water partition coefficient (Wildman–Crippen LogP) is 4.03. The van der Waals surface area contributed by atoms with Gasteiger partial charge >= 0.3 is 11.9 Å². The molecule has 1 heterocycles. The number of rotatable bonds is 7. The van der Waals surface area contributed by atoms with Gasteiger partial charge in [-0.15, -0.1) is 0 Å². The number of nitrogens with zero attached hydrogens (tertiary/aromatic N) is 2. The van der Waals surface area contributed by atoms with Gasteiger partial charge in [-0.25, -0.2) is 14.1 Å². The van der Waals surface area contributed by atoms with Gasteiger partial charge in [0.05, 0.1) is 46.0 Å². The fourth-order valence-electron chi connectivity index (χ4n) is 4.71. The highest BCUT2D eigenvalue weighted by Gasteiger charge is 2.64. The highest BCUT2D eigenvalue weighted by Crippen LogP contribution is 2.43. The van der Waals surface area contributed by atoms with Crippen molar-refractivity contribution in [1.82, 2.24) is 4.48 Å². The normalized spacial score (nSPS) is 25.4. The van der Waals surface area contributed by atoms with Crippen LogP contribution in [0.15, 0.2) is 60.7 Å². The number of piperidine rings is 1. The van der Waals surface area contributed by atoms with Crippen molar-refractivity contribution in [2.24, 2.45) is 0 Å². The van der Waals surface area contributed by atoms with Gasteiger partial charge in [-0.2, -0.15) is 0 Å². The summed E-state index contributed by atoms with van der Waals surface area (Å²) in [7, 11) is 14.9. The Morgan fingerprint density at radius 2 is 1.58 bits per heavy atom. The number of likely N-dealkylation sites (tertiary alicyclic amines) is 1. The highest BCUT2D eigenvalue weighted by atomic mass is 16.5. The monoisotopic (exact) mass is 420 g/mol. The molecule has 1 fully saturated rings. The fourth-order valence-corrected chi connectivity index (χ4v) is 4.71. The van der Waals surface area contributed by atoms with Crippen molar-refractivity contribution in [3.63, 3.8) is 0 Å². The number of carbonyl (C=O) groups excluding carboxylic acids is 2. The van der Waals surface area contributed by atoms with Gasteiger partial charge in [-0.3, -0.25) is 0 Å². The van der Waals surface area contributed by atoms with E-state index in [2.05, 4.69) is 12.1 Å². The molecule has 0 aliphatic carbocycles. The van der Waals surface area contributed by atoms with Crippen molar-refractivity contribution in [3.05, 3.63) is 80.3 Å². The molecule has 2 aromatic rings. The number of carbonyl (C=O) groups is 2. The Labute approximate surface area is 186 Å². The molecule has 1 amide bonds. The molecule has 2 aromatic carbocycles. The third-order valence-electron chi connectivity index (χ3n) is 6.73. The number of amides is 1. The van der Waals surface area contributed by atoms with Gasteiger partial charge in [-0.05, 0) is 17.7 Å². The van der Waals surface area contributed by atoms with Gasteiger partial charge in [0.2, 0.25) is 19.6 Å². The van der Waals surface area contributed by atoms with Gasteiger partial charge in [0, 0.05) is 6.42 Å². The van der Waals surface area contributed by atoms with Crippen LogP contribution in [0.25, 0.3) is 0 Å². The molecule has 5 nitrogen and oxygen atoms in total. The van der Waals surface area contributed by atoms with E-state index in [1.165, 1.54) is 12.7 Å². The second-order valence-electron chi connectivity index (χ2n) is 8.45. The molecule has 0 bridgehead atoms. The first-order chi connectivity index (χ1) is 14.8. The summed E-state index contributed by atoms with van der Waals surface area (Å²) in [4.78, 5) is 26.4. The van der Waals surface area contributed by atoms with E-state index in [0.717, 1.165) is 13.0 Å². The van der Waals surface area contributed by atoms with Crippen molar-refractivity contribution >= 4 is 17.6 Å². The average molecular weight is 421 g/mol. The third kappa shape index (κ3) is 4.30. The number of quaternary nitrogens is 2. The zero-order chi connectivity index (χ0) is 22.5. The summed E-state index contributed by atoms with van der Waals surface area (Å²) in [5.74, 6) is -0.687. The van der Waals surface area contributed by atoms with E-state index >= 15 is 0 Å². The molecule has 1 atom stereocenters. The number of ether oxygens (including phenoxy) is 1. The largest absolute Gasteiger partial charge is 0.464 e. The van der Waals surface area contributed by atoms with E-state index in [1.54, 1.807) is 19.1 Å². The van der Waals surface area contributed by atoms with Gasteiger partial charge in [0.1, 0.15) is 5.69 Å². The first-order valence-electron chi connectivity index (χ1n) is 10.8. The smallest absolute Gasteiger partial charge is 0.369 e. The molecule has 1 aliphatic rings. The molecule has 1 unspecified atom stereocenters. The van der Waals surface area contributed by atoms with Gasteiger partial charge < -0.3 is 9.22 Å². The minimum absolute atomic E-state index is 0.209. The topological polar surface area (TPSA) is 43.4 Å². The Hall–Kier alpha value is -2.50. The number of para-hydroxylation sites is 1. The lowest BCUT2D eigenvalue weighted by molar-refractivity contribution is -0.891. The average Bonchev–Trinajstić information content (AvgIpc) is 2.83. The maximum atomic E-state index is 13.2. The fraction of sp³-hybridized carbons (Fsp3) is 0.385. The van der Waals surface area contributed by atoms with Crippen LogP contribution in [0.2, 0.25) is 0 Å². The van der Waals surface area contributed by atoms with Crippen LogP contribution in [0.5, 0.6) is 0 Å². The van der Waals surface area contributed by atoms with Crippen LogP contribution in [-0.4, -0.2) is 48.6 Å². The summed E-state index contributed by atoms with van der Waals surface area (Å²) in [6, 6.07) is 19.3. The van der Waals surface area contributed by atoms with E-state index in [9.17, 15) is 9.59 Å². The lowest BCUT2D eigenvalue weighted by atomic mass is 9.81. The lowest BCUT2D eigenvalue weighted by Crippen LogP contribution is -2.73. The molecule has 4 radical (unpaired) electrons. The number of hydrogen-bond acceptors (Lipinski definition) is 3.